The molecule has 138 valence electrons. The topological polar surface area (TPSA) is 51.2 Å². The maximum Gasteiger partial charge on any atom is 0.257 e. The molecule has 0 aliphatic rings. The van der Waals surface area contributed by atoms with Crippen molar-refractivity contribution in [1.29, 1.82) is 0 Å². The predicted molar refractivity (Wildman–Crippen MR) is 114 cm³/mol. The van der Waals surface area contributed by atoms with E-state index in [1.807, 2.05) is 72.8 Å². The number of ether oxygens (including phenoxy) is 1. The molecule has 5 heteroatoms. The lowest BCUT2D eigenvalue weighted by atomic mass is 10.1. The first-order valence-electron chi connectivity index (χ1n) is 8.81. The summed E-state index contributed by atoms with van der Waals surface area (Å²) in [5.41, 5.74) is 3.47. The Balaban J connectivity index is 1.72. The Morgan fingerprint density at radius 3 is 2.14 bits per heavy atom. The molecule has 0 unspecified atom stereocenters. The second-order valence-electron chi connectivity index (χ2n) is 6.11. The van der Waals surface area contributed by atoms with E-state index in [9.17, 15) is 4.79 Å². The van der Waals surface area contributed by atoms with Gasteiger partial charge in [-0.15, -0.1) is 0 Å². The number of hydrogen-bond acceptors (Lipinski definition) is 4. The lowest BCUT2D eigenvalue weighted by Crippen LogP contribution is -2.11. The summed E-state index contributed by atoms with van der Waals surface area (Å²) in [7, 11) is 1.64. The molecule has 0 fully saturated rings. The first-order valence-corrected chi connectivity index (χ1v) is 9.63. The van der Waals surface area contributed by atoms with Crippen LogP contribution < -0.4 is 10.1 Å². The minimum atomic E-state index is -0.171. The fourth-order valence-corrected chi connectivity index (χ4v) is 3.85. The van der Waals surface area contributed by atoms with Gasteiger partial charge < -0.3 is 4.74 Å². The third-order valence-electron chi connectivity index (χ3n) is 4.28. The number of anilines is 1. The molecule has 0 aliphatic heterocycles. The summed E-state index contributed by atoms with van der Waals surface area (Å²) in [6.07, 6.45) is 0. The number of carbonyl (C=O) groups excluding carboxylic acids is 1. The third-order valence-corrected chi connectivity index (χ3v) is 5.30. The van der Waals surface area contributed by atoms with E-state index in [1.165, 1.54) is 11.3 Å². The van der Waals surface area contributed by atoms with Gasteiger partial charge in [0.05, 0.1) is 17.7 Å². The van der Waals surface area contributed by atoms with E-state index in [1.54, 1.807) is 19.2 Å². The molecular weight excluding hydrogens is 368 g/mol. The number of rotatable bonds is 5. The van der Waals surface area contributed by atoms with Crippen molar-refractivity contribution in [3.05, 3.63) is 90.5 Å². The van der Waals surface area contributed by atoms with Crippen LogP contribution in [-0.4, -0.2) is 18.0 Å². The zero-order chi connectivity index (χ0) is 19.3. The summed E-state index contributed by atoms with van der Waals surface area (Å²) >= 11 is 1.47. The molecule has 1 N–H and O–H groups in total. The van der Waals surface area contributed by atoms with Crippen molar-refractivity contribution in [2.24, 2.45) is 0 Å². The van der Waals surface area contributed by atoms with Crippen LogP contribution in [0.2, 0.25) is 0 Å². The summed E-state index contributed by atoms with van der Waals surface area (Å²) in [4.78, 5) is 18.3. The molecule has 4 aromatic rings. The molecule has 0 saturated heterocycles. The number of amides is 1. The largest absolute Gasteiger partial charge is 0.497 e. The van der Waals surface area contributed by atoms with Gasteiger partial charge >= 0.3 is 0 Å². The SMILES string of the molecule is COc1ccc(-c2nc(NC(=O)c3ccccc3)sc2-c2ccccc2)cc1. The molecule has 0 aliphatic carbocycles. The Kier molecular flexibility index (Phi) is 5.17. The number of thiazole rings is 1. The van der Waals surface area contributed by atoms with Gasteiger partial charge in [0, 0.05) is 11.1 Å². The van der Waals surface area contributed by atoms with Crippen LogP contribution in [0.3, 0.4) is 0 Å². The van der Waals surface area contributed by atoms with Crippen LogP contribution >= 0.6 is 11.3 Å². The van der Waals surface area contributed by atoms with Gasteiger partial charge in [0.15, 0.2) is 5.13 Å². The summed E-state index contributed by atoms with van der Waals surface area (Å²) in [6, 6.07) is 27.0. The molecule has 0 saturated carbocycles. The van der Waals surface area contributed by atoms with Gasteiger partial charge in [-0.05, 0) is 42.0 Å². The van der Waals surface area contributed by atoms with Gasteiger partial charge in [-0.2, -0.15) is 0 Å². The number of aromatic nitrogens is 1. The van der Waals surface area contributed by atoms with Gasteiger partial charge in [-0.3, -0.25) is 10.1 Å². The monoisotopic (exact) mass is 386 g/mol. The molecule has 0 bridgehead atoms. The van der Waals surface area contributed by atoms with Crippen molar-refractivity contribution in [2.45, 2.75) is 0 Å². The second-order valence-corrected chi connectivity index (χ2v) is 7.11. The molecule has 4 nitrogen and oxygen atoms in total. The van der Waals surface area contributed by atoms with E-state index in [0.717, 1.165) is 27.4 Å². The Bertz CT molecular complexity index is 1070. The first-order chi connectivity index (χ1) is 13.7. The molecule has 3 aromatic carbocycles. The number of nitrogens with zero attached hydrogens (tertiary/aromatic N) is 1. The highest BCUT2D eigenvalue weighted by molar-refractivity contribution is 7.19. The lowest BCUT2D eigenvalue weighted by molar-refractivity contribution is 0.102. The maximum atomic E-state index is 12.5. The van der Waals surface area contributed by atoms with Crippen LogP contribution in [-0.2, 0) is 0 Å². The van der Waals surface area contributed by atoms with Crippen LogP contribution in [0.5, 0.6) is 5.75 Å². The molecule has 1 amide bonds. The summed E-state index contributed by atoms with van der Waals surface area (Å²) in [5, 5.41) is 3.49. The van der Waals surface area contributed by atoms with Crippen LogP contribution in [0.25, 0.3) is 21.7 Å². The Labute approximate surface area is 167 Å². The van der Waals surface area contributed by atoms with E-state index in [0.29, 0.717) is 10.7 Å². The minimum absolute atomic E-state index is 0.171. The van der Waals surface area contributed by atoms with Crippen molar-refractivity contribution in [2.75, 3.05) is 12.4 Å². The Morgan fingerprint density at radius 1 is 0.857 bits per heavy atom. The van der Waals surface area contributed by atoms with E-state index < -0.39 is 0 Å². The van der Waals surface area contributed by atoms with Gasteiger partial charge in [-0.1, -0.05) is 59.9 Å². The zero-order valence-electron chi connectivity index (χ0n) is 15.3. The van der Waals surface area contributed by atoms with Crippen molar-refractivity contribution in [3.63, 3.8) is 0 Å². The highest BCUT2D eigenvalue weighted by Gasteiger charge is 2.17. The average molecular weight is 386 g/mol. The molecule has 4 rings (SSSR count). The number of nitrogens with one attached hydrogen (secondary N) is 1. The number of carbonyl (C=O) groups is 1. The molecule has 0 spiro atoms. The van der Waals surface area contributed by atoms with Gasteiger partial charge in [-0.25, -0.2) is 4.98 Å². The predicted octanol–water partition coefficient (Wildman–Crippen LogP) is 5.74. The quantitative estimate of drug-likeness (QED) is 0.476. The van der Waals surface area contributed by atoms with E-state index in [-0.39, 0.29) is 5.91 Å². The number of benzene rings is 3. The van der Waals surface area contributed by atoms with E-state index >= 15 is 0 Å². The molecule has 28 heavy (non-hydrogen) atoms. The molecule has 0 radical (unpaired) electrons. The summed E-state index contributed by atoms with van der Waals surface area (Å²) < 4.78 is 5.25. The number of hydrogen-bond donors (Lipinski definition) is 1. The minimum Gasteiger partial charge on any atom is -0.497 e. The highest BCUT2D eigenvalue weighted by Crippen LogP contribution is 2.39. The smallest absolute Gasteiger partial charge is 0.257 e. The summed E-state index contributed by atoms with van der Waals surface area (Å²) in [5.74, 6) is 0.619. The van der Waals surface area contributed by atoms with Crippen molar-refractivity contribution >= 4 is 22.4 Å². The van der Waals surface area contributed by atoms with Crippen LogP contribution in [0.4, 0.5) is 5.13 Å². The van der Waals surface area contributed by atoms with E-state index in [2.05, 4.69) is 5.32 Å². The second kappa shape index (κ2) is 8.06. The highest BCUT2D eigenvalue weighted by atomic mass is 32.1. The van der Waals surface area contributed by atoms with Gasteiger partial charge in [0.25, 0.3) is 5.91 Å². The number of methoxy groups -OCH3 is 1. The average Bonchev–Trinajstić information content (AvgIpc) is 3.19. The fourth-order valence-electron chi connectivity index (χ4n) is 2.86. The Morgan fingerprint density at radius 2 is 1.50 bits per heavy atom. The zero-order valence-corrected chi connectivity index (χ0v) is 16.1. The molecule has 1 aromatic heterocycles. The van der Waals surface area contributed by atoms with Crippen LogP contribution in [0.1, 0.15) is 10.4 Å². The third kappa shape index (κ3) is 3.80. The fraction of sp³-hybridized carbons (Fsp3) is 0.0435. The molecular formula is C23H18N2O2S. The van der Waals surface area contributed by atoms with Crippen molar-refractivity contribution in [3.8, 4) is 27.4 Å². The maximum absolute atomic E-state index is 12.5. The van der Waals surface area contributed by atoms with Crippen molar-refractivity contribution < 1.29 is 9.53 Å². The van der Waals surface area contributed by atoms with Gasteiger partial charge in [0.1, 0.15) is 5.75 Å². The summed E-state index contributed by atoms with van der Waals surface area (Å²) in [6.45, 7) is 0. The lowest BCUT2D eigenvalue weighted by Gasteiger charge is -2.04. The molecule has 1 heterocycles. The molecule has 0 atom stereocenters. The first kappa shape index (κ1) is 17.9. The standard InChI is InChI=1S/C23H18N2O2S/c1-27-19-14-12-16(13-15-19)20-21(17-8-4-2-5-9-17)28-23(24-20)25-22(26)18-10-6-3-7-11-18/h2-15H,1H3,(H,24,25,26). The normalized spacial score (nSPS) is 10.5. The Hall–Kier alpha value is -3.44. The van der Waals surface area contributed by atoms with E-state index in [4.69, 9.17) is 9.72 Å². The van der Waals surface area contributed by atoms with Gasteiger partial charge in [0.2, 0.25) is 0 Å². The van der Waals surface area contributed by atoms with Crippen LogP contribution in [0, 0.1) is 0 Å². The van der Waals surface area contributed by atoms with Crippen LogP contribution in [0.15, 0.2) is 84.9 Å². The van der Waals surface area contributed by atoms with Crippen molar-refractivity contribution in [1.82, 2.24) is 4.98 Å².